The SMILES string of the molecule is Cc1sc(NC(=O)/C=C/c2cccc(F)c2)nc1-c1ccc(Cl)cc1. The van der Waals surface area contributed by atoms with Crippen molar-refractivity contribution in [1.82, 2.24) is 4.98 Å². The minimum atomic E-state index is -0.342. The topological polar surface area (TPSA) is 42.0 Å². The fraction of sp³-hybridized carbons (Fsp3) is 0.0526. The molecule has 1 heterocycles. The minimum Gasteiger partial charge on any atom is -0.298 e. The highest BCUT2D eigenvalue weighted by Crippen LogP contribution is 2.31. The van der Waals surface area contributed by atoms with Crippen LogP contribution < -0.4 is 5.32 Å². The zero-order valence-corrected chi connectivity index (χ0v) is 14.9. The fourth-order valence-corrected chi connectivity index (χ4v) is 3.22. The molecule has 3 nitrogen and oxygen atoms in total. The molecule has 3 rings (SSSR count). The predicted octanol–water partition coefficient (Wildman–Crippen LogP) is 5.56. The summed E-state index contributed by atoms with van der Waals surface area (Å²) < 4.78 is 13.1. The molecule has 2 aromatic carbocycles. The van der Waals surface area contributed by atoms with Crippen LogP contribution in [0, 0.1) is 12.7 Å². The second kappa shape index (κ2) is 7.59. The van der Waals surface area contributed by atoms with Gasteiger partial charge in [0.15, 0.2) is 5.13 Å². The maximum Gasteiger partial charge on any atom is 0.250 e. The number of hydrogen-bond donors (Lipinski definition) is 1. The number of benzene rings is 2. The Morgan fingerprint density at radius 2 is 2.00 bits per heavy atom. The number of rotatable bonds is 4. The maximum absolute atomic E-state index is 13.1. The van der Waals surface area contributed by atoms with Crippen molar-refractivity contribution in [3.8, 4) is 11.3 Å². The zero-order chi connectivity index (χ0) is 17.8. The molecule has 0 unspecified atom stereocenters. The first-order valence-electron chi connectivity index (χ1n) is 7.49. The van der Waals surface area contributed by atoms with Crippen molar-refractivity contribution in [2.24, 2.45) is 0 Å². The van der Waals surface area contributed by atoms with Gasteiger partial charge in [0.1, 0.15) is 5.82 Å². The van der Waals surface area contributed by atoms with Gasteiger partial charge in [-0.15, -0.1) is 11.3 Å². The first-order chi connectivity index (χ1) is 12.0. The number of nitrogens with one attached hydrogen (secondary N) is 1. The molecule has 0 fully saturated rings. The zero-order valence-electron chi connectivity index (χ0n) is 13.3. The van der Waals surface area contributed by atoms with Crippen LogP contribution >= 0.6 is 22.9 Å². The van der Waals surface area contributed by atoms with Crippen LogP contribution in [-0.2, 0) is 4.79 Å². The van der Waals surface area contributed by atoms with Gasteiger partial charge in [0.25, 0.3) is 0 Å². The largest absolute Gasteiger partial charge is 0.298 e. The van der Waals surface area contributed by atoms with Crippen LogP contribution in [0.25, 0.3) is 17.3 Å². The van der Waals surface area contributed by atoms with Crippen LogP contribution in [-0.4, -0.2) is 10.9 Å². The van der Waals surface area contributed by atoms with Crippen molar-refractivity contribution in [2.45, 2.75) is 6.92 Å². The Bertz CT molecular complexity index is 935. The van der Waals surface area contributed by atoms with Crippen LogP contribution in [0.5, 0.6) is 0 Å². The molecule has 0 atom stereocenters. The van der Waals surface area contributed by atoms with E-state index in [2.05, 4.69) is 10.3 Å². The molecule has 0 bridgehead atoms. The number of nitrogens with zero attached hydrogens (tertiary/aromatic N) is 1. The first kappa shape index (κ1) is 17.3. The van der Waals surface area contributed by atoms with E-state index in [9.17, 15) is 9.18 Å². The molecule has 126 valence electrons. The molecule has 0 aliphatic rings. The Labute approximate surface area is 153 Å². The summed E-state index contributed by atoms with van der Waals surface area (Å²) in [5, 5.41) is 3.90. The van der Waals surface area contributed by atoms with Crippen molar-refractivity contribution in [2.75, 3.05) is 5.32 Å². The van der Waals surface area contributed by atoms with Crippen molar-refractivity contribution >= 4 is 40.1 Å². The van der Waals surface area contributed by atoms with Gasteiger partial charge in [0.2, 0.25) is 5.91 Å². The molecule has 0 radical (unpaired) electrons. The quantitative estimate of drug-likeness (QED) is 0.609. The molecule has 1 aromatic heterocycles. The molecular formula is C19H14ClFN2OS. The number of aromatic nitrogens is 1. The highest BCUT2D eigenvalue weighted by atomic mass is 35.5. The molecule has 0 saturated carbocycles. The van der Waals surface area contributed by atoms with E-state index in [0.717, 1.165) is 16.1 Å². The summed E-state index contributed by atoms with van der Waals surface area (Å²) in [6, 6.07) is 13.4. The van der Waals surface area contributed by atoms with Crippen LogP contribution in [0.15, 0.2) is 54.6 Å². The van der Waals surface area contributed by atoms with Gasteiger partial charge in [0, 0.05) is 21.5 Å². The molecule has 3 aromatic rings. The van der Waals surface area contributed by atoms with E-state index in [-0.39, 0.29) is 11.7 Å². The highest BCUT2D eigenvalue weighted by molar-refractivity contribution is 7.16. The number of carbonyl (C=O) groups is 1. The lowest BCUT2D eigenvalue weighted by atomic mass is 10.1. The molecular weight excluding hydrogens is 359 g/mol. The van der Waals surface area contributed by atoms with Crippen LogP contribution in [0.4, 0.5) is 9.52 Å². The number of anilines is 1. The number of halogens is 2. The summed E-state index contributed by atoms with van der Waals surface area (Å²) in [7, 11) is 0. The van der Waals surface area contributed by atoms with E-state index < -0.39 is 0 Å². The van der Waals surface area contributed by atoms with E-state index in [1.165, 1.54) is 29.5 Å². The smallest absolute Gasteiger partial charge is 0.250 e. The Morgan fingerprint density at radius 1 is 1.24 bits per heavy atom. The summed E-state index contributed by atoms with van der Waals surface area (Å²) in [6.07, 6.45) is 2.91. The summed E-state index contributed by atoms with van der Waals surface area (Å²) >= 11 is 7.30. The molecule has 1 amide bonds. The Hall–Kier alpha value is -2.50. The van der Waals surface area contributed by atoms with Crippen molar-refractivity contribution in [3.63, 3.8) is 0 Å². The lowest BCUT2D eigenvalue weighted by Gasteiger charge is -1.98. The van der Waals surface area contributed by atoms with Crippen molar-refractivity contribution in [3.05, 3.63) is 75.9 Å². The standard InChI is InChI=1S/C19H14ClFN2OS/c1-12-18(14-6-8-15(20)9-7-14)23-19(25-12)22-17(24)10-5-13-3-2-4-16(21)11-13/h2-11H,1H3,(H,22,23,24)/b10-5+. The van der Waals surface area contributed by atoms with E-state index in [1.54, 1.807) is 30.3 Å². The third-order valence-electron chi connectivity index (χ3n) is 3.42. The van der Waals surface area contributed by atoms with Gasteiger partial charge < -0.3 is 0 Å². The highest BCUT2D eigenvalue weighted by Gasteiger charge is 2.11. The Balaban J connectivity index is 1.72. The summed E-state index contributed by atoms with van der Waals surface area (Å²) in [5.74, 6) is -0.661. The normalized spacial score (nSPS) is 11.0. The van der Waals surface area contributed by atoms with Gasteiger partial charge in [0.05, 0.1) is 5.69 Å². The average Bonchev–Trinajstić information content (AvgIpc) is 2.94. The summed E-state index contributed by atoms with van der Waals surface area (Å²) in [6.45, 7) is 1.94. The van der Waals surface area contributed by atoms with E-state index in [0.29, 0.717) is 15.7 Å². The number of hydrogen-bond acceptors (Lipinski definition) is 3. The summed E-state index contributed by atoms with van der Waals surface area (Å²) in [5.41, 5.74) is 2.37. The second-order valence-electron chi connectivity index (χ2n) is 5.31. The third kappa shape index (κ3) is 4.53. The molecule has 6 heteroatoms. The first-order valence-corrected chi connectivity index (χ1v) is 8.69. The lowest BCUT2D eigenvalue weighted by molar-refractivity contribution is -0.111. The van der Waals surface area contributed by atoms with Crippen molar-refractivity contribution in [1.29, 1.82) is 0 Å². The molecule has 0 aliphatic carbocycles. The Kier molecular flexibility index (Phi) is 5.26. The summed E-state index contributed by atoms with van der Waals surface area (Å²) in [4.78, 5) is 17.5. The van der Waals surface area contributed by atoms with E-state index in [4.69, 9.17) is 11.6 Å². The van der Waals surface area contributed by atoms with Gasteiger partial charge in [-0.1, -0.05) is 35.9 Å². The van der Waals surface area contributed by atoms with Crippen LogP contribution in [0.3, 0.4) is 0 Å². The van der Waals surface area contributed by atoms with E-state index in [1.807, 2.05) is 19.1 Å². The van der Waals surface area contributed by atoms with Gasteiger partial charge in [-0.2, -0.15) is 0 Å². The van der Waals surface area contributed by atoms with E-state index >= 15 is 0 Å². The molecule has 25 heavy (non-hydrogen) atoms. The molecule has 0 aliphatic heterocycles. The van der Waals surface area contributed by atoms with Crippen LogP contribution in [0.1, 0.15) is 10.4 Å². The van der Waals surface area contributed by atoms with Gasteiger partial charge >= 0.3 is 0 Å². The molecule has 0 spiro atoms. The number of amides is 1. The third-order valence-corrected chi connectivity index (χ3v) is 4.56. The molecule has 0 saturated heterocycles. The number of thiazole rings is 1. The lowest BCUT2D eigenvalue weighted by Crippen LogP contribution is -2.07. The minimum absolute atomic E-state index is 0.319. The number of carbonyl (C=O) groups excluding carboxylic acids is 1. The predicted molar refractivity (Wildman–Crippen MR) is 101 cm³/mol. The Morgan fingerprint density at radius 3 is 2.72 bits per heavy atom. The second-order valence-corrected chi connectivity index (χ2v) is 6.95. The number of aryl methyl sites for hydroxylation is 1. The van der Waals surface area contributed by atoms with Crippen molar-refractivity contribution < 1.29 is 9.18 Å². The monoisotopic (exact) mass is 372 g/mol. The average molecular weight is 373 g/mol. The molecule has 1 N–H and O–H groups in total. The fourth-order valence-electron chi connectivity index (χ4n) is 2.25. The van der Waals surface area contributed by atoms with Crippen LogP contribution in [0.2, 0.25) is 5.02 Å². The maximum atomic E-state index is 13.1. The van der Waals surface area contributed by atoms with Gasteiger partial charge in [-0.05, 0) is 42.8 Å². The van der Waals surface area contributed by atoms with Gasteiger partial charge in [-0.25, -0.2) is 9.37 Å². The van der Waals surface area contributed by atoms with Gasteiger partial charge in [-0.3, -0.25) is 10.1 Å².